The molecule has 0 unspecified atom stereocenters. The number of halogens is 4. The molecule has 9 heteroatoms. The zero-order valence-corrected chi connectivity index (χ0v) is 10.3. The average molecular weight is 300 g/mol. The molecule has 0 atom stereocenters. The van der Waals surface area contributed by atoms with Gasteiger partial charge in [-0.25, -0.2) is 14.4 Å². The third-order valence-corrected chi connectivity index (χ3v) is 2.42. The first-order chi connectivity index (χ1) is 9.77. The molecule has 0 aliphatic heterocycles. The van der Waals surface area contributed by atoms with Crippen molar-refractivity contribution < 1.29 is 22.4 Å². The van der Waals surface area contributed by atoms with Crippen LogP contribution in [0.4, 0.5) is 29.2 Å². The summed E-state index contributed by atoms with van der Waals surface area (Å²) < 4.78 is 51.1. The van der Waals surface area contributed by atoms with Crippen LogP contribution < -0.4 is 11.1 Å². The number of nitrogen functional groups attached to an aromatic ring is 1. The Morgan fingerprint density at radius 3 is 2.38 bits per heavy atom. The first kappa shape index (κ1) is 14.7. The largest absolute Gasteiger partial charge is 0.434 e. The van der Waals surface area contributed by atoms with Crippen LogP contribution in [-0.2, 0) is 6.18 Å². The number of aromatic nitrogens is 2. The van der Waals surface area contributed by atoms with Gasteiger partial charge in [0.1, 0.15) is 5.82 Å². The molecule has 1 aromatic carbocycles. The third-order valence-electron chi connectivity index (χ3n) is 2.42. The van der Waals surface area contributed by atoms with E-state index in [1.54, 1.807) is 0 Å². The molecule has 5 nitrogen and oxygen atoms in total. The van der Waals surface area contributed by atoms with E-state index < -0.39 is 35.1 Å². The summed E-state index contributed by atoms with van der Waals surface area (Å²) >= 11 is 0. The number of nitrogens with two attached hydrogens (primary N) is 1. The van der Waals surface area contributed by atoms with Crippen molar-refractivity contribution in [1.29, 1.82) is 0 Å². The van der Waals surface area contributed by atoms with E-state index in [0.29, 0.717) is 6.20 Å². The quantitative estimate of drug-likeness (QED) is 0.835. The number of hydrogen-bond acceptors (Lipinski definition) is 4. The minimum Gasteiger partial charge on any atom is -0.368 e. The van der Waals surface area contributed by atoms with E-state index in [1.807, 2.05) is 0 Å². The van der Waals surface area contributed by atoms with Crippen molar-refractivity contribution in [2.24, 2.45) is 0 Å². The molecular formula is C12H8F4N4O. The highest BCUT2D eigenvalue weighted by molar-refractivity contribution is 6.05. The number of hydrogen-bond donors (Lipinski definition) is 2. The van der Waals surface area contributed by atoms with Gasteiger partial charge < -0.3 is 11.1 Å². The highest BCUT2D eigenvalue weighted by Gasteiger charge is 2.38. The third kappa shape index (κ3) is 3.44. The highest BCUT2D eigenvalue weighted by Crippen LogP contribution is 2.30. The second-order valence-electron chi connectivity index (χ2n) is 3.95. The Kier molecular flexibility index (Phi) is 3.74. The molecule has 1 amide bonds. The Balaban J connectivity index is 2.33. The maximum atomic E-state index is 12.8. The Morgan fingerprint density at radius 2 is 1.81 bits per heavy atom. The summed E-state index contributed by atoms with van der Waals surface area (Å²) in [4.78, 5) is 18.3. The van der Waals surface area contributed by atoms with E-state index in [9.17, 15) is 22.4 Å². The lowest BCUT2D eigenvalue weighted by Gasteiger charge is -2.11. The normalized spacial score (nSPS) is 11.2. The molecule has 2 aromatic rings. The maximum absolute atomic E-state index is 12.8. The van der Waals surface area contributed by atoms with Gasteiger partial charge in [-0.3, -0.25) is 4.79 Å². The topological polar surface area (TPSA) is 80.9 Å². The van der Waals surface area contributed by atoms with E-state index in [2.05, 4.69) is 15.3 Å². The van der Waals surface area contributed by atoms with Crippen molar-refractivity contribution in [2.75, 3.05) is 11.1 Å². The van der Waals surface area contributed by atoms with Crippen LogP contribution in [0.2, 0.25) is 0 Å². The summed E-state index contributed by atoms with van der Waals surface area (Å²) in [5, 5.41) is 2.19. The van der Waals surface area contributed by atoms with Crippen molar-refractivity contribution in [3.63, 3.8) is 0 Å². The first-order valence-corrected chi connectivity index (χ1v) is 5.54. The summed E-state index contributed by atoms with van der Waals surface area (Å²) in [5.74, 6) is -2.21. The SMILES string of the molecule is Nc1ncc(C(=O)Nc2ccc(F)cc2)c(C(F)(F)F)n1. The predicted molar refractivity (Wildman–Crippen MR) is 65.8 cm³/mol. The Bertz CT molecular complexity index is 670. The van der Waals surface area contributed by atoms with Crippen LogP contribution in [0.15, 0.2) is 30.5 Å². The standard InChI is InChI=1S/C12H8F4N4O/c13-6-1-3-7(4-2-6)19-10(21)8-5-18-11(17)20-9(8)12(14,15)16/h1-5H,(H,19,21)(H2,17,18,20). The van der Waals surface area contributed by atoms with Crippen LogP contribution in [0, 0.1) is 5.82 Å². The second kappa shape index (κ2) is 5.35. The summed E-state index contributed by atoms with van der Waals surface area (Å²) in [7, 11) is 0. The fourth-order valence-electron chi connectivity index (χ4n) is 1.51. The van der Waals surface area contributed by atoms with Crippen LogP contribution in [0.25, 0.3) is 0 Å². The Morgan fingerprint density at radius 1 is 1.19 bits per heavy atom. The van der Waals surface area contributed by atoms with Crippen LogP contribution in [-0.4, -0.2) is 15.9 Å². The second-order valence-corrected chi connectivity index (χ2v) is 3.95. The fourth-order valence-corrected chi connectivity index (χ4v) is 1.51. The molecule has 0 spiro atoms. The molecule has 21 heavy (non-hydrogen) atoms. The fraction of sp³-hybridized carbons (Fsp3) is 0.0833. The number of carbonyl (C=O) groups is 1. The predicted octanol–water partition coefficient (Wildman–Crippen LogP) is 2.47. The molecule has 0 radical (unpaired) electrons. The lowest BCUT2D eigenvalue weighted by atomic mass is 10.2. The van der Waals surface area contributed by atoms with Crippen molar-refractivity contribution in [3.05, 3.63) is 47.5 Å². The van der Waals surface area contributed by atoms with Crippen LogP contribution >= 0.6 is 0 Å². The van der Waals surface area contributed by atoms with E-state index >= 15 is 0 Å². The van der Waals surface area contributed by atoms with Crippen molar-refractivity contribution in [3.8, 4) is 0 Å². The molecule has 0 bridgehead atoms. The smallest absolute Gasteiger partial charge is 0.368 e. The van der Waals surface area contributed by atoms with Crippen molar-refractivity contribution >= 4 is 17.5 Å². The van der Waals surface area contributed by atoms with Crippen LogP contribution in [0.5, 0.6) is 0 Å². The molecule has 0 aliphatic carbocycles. The summed E-state index contributed by atoms with van der Waals surface area (Å²) in [5.41, 5.74) is 3.02. The Hall–Kier alpha value is -2.71. The van der Waals surface area contributed by atoms with Crippen molar-refractivity contribution in [2.45, 2.75) is 6.18 Å². The Labute approximate surface area is 115 Å². The lowest BCUT2D eigenvalue weighted by molar-refractivity contribution is -0.141. The number of carbonyl (C=O) groups excluding carboxylic acids is 1. The van der Waals surface area contributed by atoms with Gasteiger partial charge in [-0.2, -0.15) is 13.2 Å². The monoisotopic (exact) mass is 300 g/mol. The summed E-state index contributed by atoms with van der Waals surface area (Å²) in [6.07, 6.45) is -4.17. The summed E-state index contributed by atoms with van der Waals surface area (Å²) in [6, 6.07) is 4.52. The van der Waals surface area contributed by atoms with Gasteiger partial charge in [0.15, 0.2) is 5.69 Å². The van der Waals surface area contributed by atoms with Gasteiger partial charge in [0, 0.05) is 11.9 Å². The first-order valence-electron chi connectivity index (χ1n) is 5.54. The summed E-state index contributed by atoms with van der Waals surface area (Å²) in [6.45, 7) is 0. The minimum absolute atomic E-state index is 0.131. The van der Waals surface area contributed by atoms with Gasteiger partial charge in [0.2, 0.25) is 5.95 Å². The number of nitrogens with one attached hydrogen (secondary N) is 1. The van der Waals surface area contributed by atoms with E-state index in [-0.39, 0.29) is 5.69 Å². The molecule has 2 rings (SSSR count). The van der Waals surface area contributed by atoms with Gasteiger partial charge in [0.05, 0.1) is 5.56 Å². The molecule has 1 aromatic heterocycles. The van der Waals surface area contributed by atoms with E-state index in [0.717, 1.165) is 12.1 Å². The molecule has 0 saturated heterocycles. The zero-order valence-electron chi connectivity index (χ0n) is 10.3. The molecule has 0 saturated carbocycles. The highest BCUT2D eigenvalue weighted by atomic mass is 19.4. The molecule has 0 aliphatic rings. The van der Waals surface area contributed by atoms with Crippen molar-refractivity contribution in [1.82, 2.24) is 9.97 Å². The number of amides is 1. The zero-order chi connectivity index (χ0) is 15.6. The average Bonchev–Trinajstić information content (AvgIpc) is 2.40. The molecule has 1 heterocycles. The number of alkyl halides is 3. The van der Waals surface area contributed by atoms with Crippen LogP contribution in [0.3, 0.4) is 0 Å². The van der Waals surface area contributed by atoms with E-state index in [1.165, 1.54) is 12.1 Å². The van der Waals surface area contributed by atoms with Gasteiger partial charge in [-0.05, 0) is 24.3 Å². The number of rotatable bonds is 2. The minimum atomic E-state index is -4.85. The van der Waals surface area contributed by atoms with Gasteiger partial charge in [-0.1, -0.05) is 0 Å². The molecule has 110 valence electrons. The van der Waals surface area contributed by atoms with Gasteiger partial charge in [0.25, 0.3) is 5.91 Å². The maximum Gasteiger partial charge on any atom is 0.434 e. The van der Waals surface area contributed by atoms with E-state index in [4.69, 9.17) is 5.73 Å². The van der Waals surface area contributed by atoms with Gasteiger partial charge >= 0.3 is 6.18 Å². The molecule has 0 fully saturated rings. The molecular weight excluding hydrogens is 292 g/mol. The molecule has 3 N–H and O–H groups in total. The van der Waals surface area contributed by atoms with Crippen LogP contribution in [0.1, 0.15) is 16.1 Å². The van der Waals surface area contributed by atoms with Gasteiger partial charge in [-0.15, -0.1) is 0 Å². The lowest BCUT2D eigenvalue weighted by Crippen LogP contribution is -2.21. The number of benzene rings is 1. The number of nitrogens with zero attached hydrogens (tertiary/aromatic N) is 2. The number of anilines is 2.